The number of carbonyl (C=O) groups is 1. The number of esters is 1. The number of aromatic nitrogens is 3. The summed E-state index contributed by atoms with van der Waals surface area (Å²) < 4.78 is 12.1. The zero-order chi connectivity index (χ0) is 15.9. The molecule has 0 radical (unpaired) electrons. The molecule has 0 aromatic carbocycles. The van der Waals surface area contributed by atoms with Crippen molar-refractivity contribution in [3.8, 4) is 11.3 Å². The Bertz CT molecular complexity index is 863. The second kappa shape index (κ2) is 5.18. The predicted molar refractivity (Wildman–Crippen MR) is 81.3 cm³/mol. The number of nitrogen functional groups attached to an aromatic ring is 1. The molecule has 0 amide bonds. The van der Waals surface area contributed by atoms with Gasteiger partial charge in [0.25, 0.3) is 0 Å². The van der Waals surface area contributed by atoms with Crippen LogP contribution in [-0.4, -0.2) is 27.3 Å². The monoisotopic (exact) mass is 300 g/mol. The lowest BCUT2D eigenvalue weighted by Crippen LogP contribution is -2.05. The molecule has 0 saturated carbocycles. The van der Waals surface area contributed by atoms with Crippen LogP contribution in [0.5, 0.6) is 0 Å². The van der Waals surface area contributed by atoms with Crippen molar-refractivity contribution in [2.45, 2.75) is 13.8 Å². The molecule has 0 aliphatic rings. The van der Waals surface area contributed by atoms with Gasteiger partial charge in [-0.05, 0) is 25.5 Å². The highest BCUT2D eigenvalue weighted by Crippen LogP contribution is 2.32. The van der Waals surface area contributed by atoms with E-state index >= 15 is 0 Å². The molecule has 0 atom stereocenters. The highest BCUT2D eigenvalue weighted by molar-refractivity contribution is 6.02. The van der Waals surface area contributed by atoms with E-state index in [4.69, 9.17) is 14.9 Å². The number of hydrogen-bond donors (Lipinski definition) is 1. The molecule has 0 aliphatic carbocycles. The first kappa shape index (κ1) is 14.1. The molecule has 3 aromatic heterocycles. The lowest BCUT2D eigenvalue weighted by Gasteiger charge is -2.02. The zero-order valence-corrected chi connectivity index (χ0v) is 12.6. The summed E-state index contributed by atoms with van der Waals surface area (Å²) in [6.07, 6.45) is 3.59. The van der Waals surface area contributed by atoms with Crippen molar-refractivity contribution >= 4 is 22.8 Å². The number of aryl methyl sites for hydroxylation is 2. The lowest BCUT2D eigenvalue weighted by atomic mass is 10.1. The molecule has 3 rings (SSSR count). The van der Waals surface area contributed by atoms with E-state index < -0.39 is 5.97 Å². The van der Waals surface area contributed by atoms with Gasteiger partial charge >= 0.3 is 5.97 Å². The summed E-state index contributed by atoms with van der Waals surface area (Å²) in [4.78, 5) is 16.4. The van der Waals surface area contributed by atoms with Gasteiger partial charge in [0.05, 0.1) is 18.5 Å². The number of furan rings is 1. The van der Waals surface area contributed by atoms with Gasteiger partial charge in [0.1, 0.15) is 11.2 Å². The maximum absolute atomic E-state index is 11.8. The summed E-state index contributed by atoms with van der Waals surface area (Å²) in [5.74, 6) is -0.592. The van der Waals surface area contributed by atoms with Crippen molar-refractivity contribution in [1.82, 2.24) is 14.8 Å². The van der Waals surface area contributed by atoms with Crippen LogP contribution in [0.1, 0.15) is 23.0 Å². The molecule has 114 valence electrons. The van der Waals surface area contributed by atoms with Crippen LogP contribution in [0.3, 0.4) is 0 Å². The normalized spacial score (nSPS) is 11.0. The fourth-order valence-electron chi connectivity index (χ4n) is 2.32. The molecular weight excluding hydrogens is 284 g/mol. The lowest BCUT2D eigenvalue weighted by molar-refractivity contribution is 0.0494. The Morgan fingerprint density at radius 2 is 2.27 bits per heavy atom. The summed E-state index contributed by atoms with van der Waals surface area (Å²) in [7, 11) is 1.84. The van der Waals surface area contributed by atoms with Crippen LogP contribution in [0.15, 0.2) is 22.9 Å². The van der Waals surface area contributed by atoms with Crippen molar-refractivity contribution in [1.29, 1.82) is 0 Å². The molecule has 0 saturated heterocycles. The SMILES string of the molecule is CCOC(=O)c1oc2cc(C)c(-c3cnn(C)c3)nc2c1N. The molecule has 3 heterocycles. The van der Waals surface area contributed by atoms with E-state index in [1.54, 1.807) is 17.8 Å². The standard InChI is InChI=1S/C15H16N4O3/c1-4-21-15(20)14-11(16)13-10(22-14)5-8(2)12(18-13)9-6-17-19(3)7-9/h5-7H,4,16H2,1-3H3. The minimum Gasteiger partial charge on any atom is -0.460 e. The fourth-order valence-corrected chi connectivity index (χ4v) is 2.32. The van der Waals surface area contributed by atoms with Crippen LogP contribution < -0.4 is 5.73 Å². The van der Waals surface area contributed by atoms with Crippen LogP contribution in [0.4, 0.5) is 5.69 Å². The van der Waals surface area contributed by atoms with Gasteiger partial charge in [-0.15, -0.1) is 0 Å². The average molecular weight is 300 g/mol. The minimum absolute atomic E-state index is 0.00733. The van der Waals surface area contributed by atoms with Gasteiger partial charge in [0.15, 0.2) is 5.58 Å². The van der Waals surface area contributed by atoms with E-state index in [1.165, 1.54) is 0 Å². The second-order valence-corrected chi connectivity index (χ2v) is 4.97. The second-order valence-electron chi connectivity index (χ2n) is 4.97. The van der Waals surface area contributed by atoms with E-state index in [9.17, 15) is 4.79 Å². The van der Waals surface area contributed by atoms with Crippen molar-refractivity contribution < 1.29 is 13.9 Å². The van der Waals surface area contributed by atoms with E-state index in [0.29, 0.717) is 11.1 Å². The van der Waals surface area contributed by atoms with Crippen LogP contribution in [-0.2, 0) is 11.8 Å². The van der Waals surface area contributed by atoms with Gasteiger partial charge in [-0.2, -0.15) is 5.10 Å². The number of nitrogens with zero attached hydrogens (tertiary/aromatic N) is 3. The third kappa shape index (κ3) is 2.20. The molecule has 0 bridgehead atoms. The smallest absolute Gasteiger partial charge is 0.376 e. The number of rotatable bonds is 3. The Kier molecular flexibility index (Phi) is 3.32. The van der Waals surface area contributed by atoms with Crippen LogP contribution in [0, 0.1) is 6.92 Å². The Morgan fingerprint density at radius 1 is 1.50 bits per heavy atom. The summed E-state index contributed by atoms with van der Waals surface area (Å²) in [6.45, 7) is 3.89. The highest BCUT2D eigenvalue weighted by atomic mass is 16.5. The number of anilines is 1. The molecule has 2 N–H and O–H groups in total. The van der Waals surface area contributed by atoms with Crippen molar-refractivity contribution in [3.63, 3.8) is 0 Å². The summed E-state index contributed by atoms with van der Waals surface area (Å²) in [5.41, 5.74) is 9.64. The number of carbonyl (C=O) groups excluding carboxylic acids is 1. The Morgan fingerprint density at radius 3 is 2.91 bits per heavy atom. The predicted octanol–water partition coefficient (Wildman–Crippen LogP) is 2.30. The molecule has 0 unspecified atom stereocenters. The number of hydrogen-bond acceptors (Lipinski definition) is 6. The van der Waals surface area contributed by atoms with Gasteiger partial charge in [0.2, 0.25) is 5.76 Å². The topological polar surface area (TPSA) is 96.2 Å². The molecule has 22 heavy (non-hydrogen) atoms. The third-order valence-electron chi connectivity index (χ3n) is 3.33. The zero-order valence-electron chi connectivity index (χ0n) is 12.6. The van der Waals surface area contributed by atoms with Crippen LogP contribution in [0.25, 0.3) is 22.4 Å². The molecule has 0 spiro atoms. The van der Waals surface area contributed by atoms with E-state index in [-0.39, 0.29) is 18.1 Å². The fraction of sp³-hybridized carbons (Fsp3) is 0.267. The first-order valence-electron chi connectivity index (χ1n) is 6.87. The number of fused-ring (bicyclic) bond motifs is 1. The molecule has 7 nitrogen and oxygen atoms in total. The molecule has 0 aliphatic heterocycles. The minimum atomic E-state index is -0.585. The summed E-state index contributed by atoms with van der Waals surface area (Å²) in [5, 5.41) is 4.14. The van der Waals surface area contributed by atoms with Crippen molar-refractivity contribution in [2.24, 2.45) is 7.05 Å². The first-order chi connectivity index (χ1) is 10.5. The average Bonchev–Trinajstić information content (AvgIpc) is 3.03. The quantitative estimate of drug-likeness (QED) is 0.745. The molecular formula is C15H16N4O3. The summed E-state index contributed by atoms with van der Waals surface area (Å²) in [6, 6.07) is 1.81. The first-order valence-corrected chi connectivity index (χ1v) is 6.87. The maximum atomic E-state index is 11.8. The number of pyridine rings is 1. The summed E-state index contributed by atoms with van der Waals surface area (Å²) >= 11 is 0. The van der Waals surface area contributed by atoms with Gasteiger partial charge in [-0.1, -0.05) is 0 Å². The number of ether oxygens (including phenoxy) is 1. The Balaban J connectivity index is 2.16. The van der Waals surface area contributed by atoms with E-state index in [0.717, 1.165) is 16.8 Å². The van der Waals surface area contributed by atoms with Gasteiger partial charge < -0.3 is 14.9 Å². The Labute approximate surface area is 126 Å². The maximum Gasteiger partial charge on any atom is 0.376 e. The van der Waals surface area contributed by atoms with Crippen LogP contribution in [0.2, 0.25) is 0 Å². The van der Waals surface area contributed by atoms with E-state index in [2.05, 4.69) is 10.1 Å². The van der Waals surface area contributed by atoms with Gasteiger partial charge in [-0.25, -0.2) is 9.78 Å². The highest BCUT2D eigenvalue weighted by Gasteiger charge is 2.22. The third-order valence-corrected chi connectivity index (χ3v) is 3.33. The van der Waals surface area contributed by atoms with E-state index in [1.807, 2.05) is 26.2 Å². The Hall–Kier alpha value is -2.83. The number of nitrogens with two attached hydrogens (primary N) is 1. The molecule has 3 aromatic rings. The van der Waals surface area contributed by atoms with Gasteiger partial charge in [0, 0.05) is 18.8 Å². The van der Waals surface area contributed by atoms with Gasteiger partial charge in [-0.3, -0.25) is 4.68 Å². The molecule has 7 heteroatoms. The van der Waals surface area contributed by atoms with Crippen molar-refractivity contribution in [3.05, 3.63) is 29.8 Å². The van der Waals surface area contributed by atoms with Crippen molar-refractivity contribution in [2.75, 3.05) is 12.3 Å². The molecule has 0 fully saturated rings. The largest absolute Gasteiger partial charge is 0.460 e. The van der Waals surface area contributed by atoms with Crippen LogP contribution >= 0.6 is 0 Å².